The first-order valence-electron chi connectivity index (χ1n) is 5.44. The highest BCUT2D eigenvalue weighted by Gasteiger charge is 2.31. The van der Waals surface area contributed by atoms with Crippen LogP contribution in [0.3, 0.4) is 0 Å². The van der Waals surface area contributed by atoms with E-state index in [2.05, 4.69) is 0 Å². The normalized spacial score (nSPS) is 15.2. The van der Waals surface area contributed by atoms with Gasteiger partial charge >= 0.3 is 5.97 Å². The summed E-state index contributed by atoms with van der Waals surface area (Å²) in [5, 5.41) is 8.99. The van der Waals surface area contributed by atoms with Gasteiger partial charge in [0.2, 0.25) is 5.91 Å². The summed E-state index contributed by atoms with van der Waals surface area (Å²) >= 11 is 0. The molecule has 18 heavy (non-hydrogen) atoms. The number of amides is 1. The number of carbonyl (C=O) groups is 2. The van der Waals surface area contributed by atoms with Crippen LogP contribution in [0.1, 0.15) is 13.3 Å². The Balaban J connectivity index is 2.37. The molecule has 0 atom stereocenters. The van der Waals surface area contributed by atoms with Gasteiger partial charge in [0.05, 0.1) is 19.1 Å². The zero-order valence-electron chi connectivity index (χ0n) is 10.1. The van der Waals surface area contributed by atoms with Crippen LogP contribution in [0.5, 0.6) is 5.75 Å². The van der Waals surface area contributed by atoms with Crippen LogP contribution >= 0.6 is 0 Å². The standard InChI is InChI=1S/C13H13NO4/c1-8-11(13(16)17)7-12(15)14(8)9-3-5-10(18-2)6-4-9/h3-6H,7H2,1-2H3,(H,16,17). The van der Waals surface area contributed by atoms with Gasteiger partial charge in [-0.3, -0.25) is 9.69 Å². The fourth-order valence-corrected chi connectivity index (χ4v) is 1.98. The Morgan fingerprint density at radius 2 is 1.94 bits per heavy atom. The fraction of sp³-hybridized carbons (Fsp3) is 0.231. The number of nitrogens with zero attached hydrogens (tertiary/aromatic N) is 1. The van der Waals surface area contributed by atoms with Crippen LogP contribution in [0.25, 0.3) is 0 Å². The summed E-state index contributed by atoms with van der Waals surface area (Å²) in [5.41, 5.74) is 1.27. The molecule has 2 rings (SSSR count). The number of ether oxygens (including phenoxy) is 1. The number of carboxylic acids is 1. The van der Waals surface area contributed by atoms with Gasteiger partial charge in [0.15, 0.2) is 0 Å². The van der Waals surface area contributed by atoms with E-state index in [1.165, 1.54) is 4.90 Å². The van der Waals surface area contributed by atoms with Gasteiger partial charge in [0, 0.05) is 11.4 Å². The van der Waals surface area contributed by atoms with E-state index >= 15 is 0 Å². The second-order valence-electron chi connectivity index (χ2n) is 3.97. The van der Waals surface area contributed by atoms with Gasteiger partial charge in [-0.1, -0.05) is 0 Å². The van der Waals surface area contributed by atoms with Crippen molar-refractivity contribution < 1.29 is 19.4 Å². The molecule has 5 nitrogen and oxygen atoms in total. The Morgan fingerprint density at radius 1 is 1.33 bits per heavy atom. The first-order valence-corrected chi connectivity index (χ1v) is 5.44. The molecular formula is C13H13NO4. The van der Waals surface area contributed by atoms with E-state index in [0.29, 0.717) is 17.1 Å². The number of anilines is 1. The average molecular weight is 247 g/mol. The van der Waals surface area contributed by atoms with Crippen molar-refractivity contribution in [2.45, 2.75) is 13.3 Å². The summed E-state index contributed by atoms with van der Waals surface area (Å²) in [5.74, 6) is -0.586. The number of rotatable bonds is 3. The third-order valence-electron chi connectivity index (χ3n) is 2.94. The first-order chi connectivity index (χ1) is 8.54. The smallest absolute Gasteiger partial charge is 0.333 e. The number of benzene rings is 1. The van der Waals surface area contributed by atoms with E-state index in [1.54, 1.807) is 38.3 Å². The quantitative estimate of drug-likeness (QED) is 0.884. The van der Waals surface area contributed by atoms with Crippen molar-refractivity contribution in [1.82, 2.24) is 0 Å². The lowest BCUT2D eigenvalue weighted by atomic mass is 10.2. The highest BCUT2D eigenvalue weighted by Crippen LogP contribution is 2.30. The molecule has 1 N–H and O–H groups in total. The molecule has 1 aliphatic heterocycles. The van der Waals surface area contributed by atoms with Crippen LogP contribution in [0.15, 0.2) is 35.5 Å². The Morgan fingerprint density at radius 3 is 2.39 bits per heavy atom. The number of hydrogen-bond acceptors (Lipinski definition) is 3. The van der Waals surface area contributed by atoms with Crippen molar-refractivity contribution in [1.29, 1.82) is 0 Å². The number of methoxy groups -OCH3 is 1. The lowest BCUT2D eigenvalue weighted by molar-refractivity contribution is -0.133. The molecule has 5 heteroatoms. The Labute approximate surface area is 104 Å². The predicted molar refractivity (Wildman–Crippen MR) is 65.4 cm³/mol. The summed E-state index contributed by atoms with van der Waals surface area (Å²) < 4.78 is 5.04. The summed E-state index contributed by atoms with van der Waals surface area (Å²) in [6, 6.07) is 6.92. The van der Waals surface area contributed by atoms with Crippen LogP contribution < -0.4 is 9.64 Å². The van der Waals surface area contributed by atoms with Crippen molar-refractivity contribution in [2.75, 3.05) is 12.0 Å². The Hall–Kier alpha value is -2.30. The van der Waals surface area contributed by atoms with Gasteiger partial charge in [-0.15, -0.1) is 0 Å². The monoisotopic (exact) mass is 247 g/mol. The predicted octanol–water partition coefficient (Wildman–Crippen LogP) is 1.79. The maximum atomic E-state index is 11.8. The van der Waals surface area contributed by atoms with Gasteiger partial charge in [0.1, 0.15) is 5.75 Å². The van der Waals surface area contributed by atoms with Crippen molar-refractivity contribution >= 4 is 17.6 Å². The Kier molecular flexibility index (Phi) is 3.06. The lowest BCUT2D eigenvalue weighted by Crippen LogP contribution is -2.23. The summed E-state index contributed by atoms with van der Waals surface area (Å²) in [4.78, 5) is 24.2. The number of carbonyl (C=O) groups excluding carboxylic acids is 1. The molecule has 0 saturated carbocycles. The first kappa shape index (κ1) is 12.2. The van der Waals surface area contributed by atoms with Crippen LogP contribution in [-0.4, -0.2) is 24.1 Å². The van der Waals surface area contributed by atoms with Gasteiger partial charge in [-0.05, 0) is 31.2 Å². The van der Waals surface area contributed by atoms with Gasteiger partial charge in [0.25, 0.3) is 0 Å². The van der Waals surface area contributed by atoms with Crippen molar-refractivity contribution in [3.63, 3.8) is 0 Å². The molecule has 0 radical (unpaired) electrons. The molecular weight excluding hydrogens is 234 g/mol. The molecule has 94 valence electrons. The van der Waals surface area contributed by atoms with Crippen LogP contribution in [0.4, 0.5) is 5.69 Å². The molecule has 0 bridgehead atoms. The highest BCUT2D eigenvalue weighted by molar-refractivity contribution is 6.08. The fourth-order valence-electron chi connectivity index (χ4n) is 1.98. The third-order valence-corrected chi connectivity index (χ3v) is 2.94. The molecule has 0 unspecified atom stereocenters. The molecule has 0 saturated heterocycles. The molecule has 0 spiro atoms. The zero-order valence-corrected chi connectivity index (χ0v) is 10.1. The minimum atomic E-state index is -1.04. The molecule has 1 heterocycles. The minimum absolute atomic E-state index is 0.0623. The van der Waals surface area contributed by atoms with E-state index in [1.807, 2.05) is 0 Å². The number of aliphatic carboxylic acids is 1. The molecule has 1 amide bonds. The van der Waals surface area contributed by atoms with Crippen molar-refractivity contribution in [2.24, 2.45) is 0 Å². The van der Waals surface area contributed by atoms with Crippen LogP contribution in [-0.2, 0) is 9.59 Å². The molecule has 0 aliphatic carbocycles. The topological polar surface area (TPSA) is 66.8 Å². The summed E-state index contributed by atoms with van der Waals surface area (Å²) in [6.45, 7) is 1.64. The zero-order chi connectivity index (χ0) is 13.3. The average Bonchev–Trinajstić information content (AvgIpc) is 2.65. The lowest BCUT2D eigenvalue weighted by Gasteiger charge is -2.18. The van der Waals surface area contributed by atoms with Gasteiger partial charge in [-0.25, -0.2) is 4.79 Å². The van der Waals surface area contributed by atoms with Crippen LogP contribution in [0.2, 0.25) is 0 Å². The largest absolute Gasteiger partial charge is 0.497 e. The van der Waals surface area contributed by atoms with Crippen molar-refractivity contribution in [3.8, 4) is 5.75 Å². The van der Waals surface area contributed by atoms with Gasteiger partial charge < -0.3 is 9.84 Å². The van der Waals surface area contributed by atoms with E-state index in [0.717, 1.165) is 0 Å². The molecule has 0 aromatic heterocycles. The number of allylic oxidation sites excluding steroid dienone is 1. The molecule has 1 aliphatic rings. The SMILES string of the molecule is COc1ccc(N2C(=O)CC(C(=O)O)=C2C)cc1. The van der Waals surface area contributed by atoms with E-state index < -0.39 is 5.97 Å². The van der Waals surface area contributed by atoms with E-state index in [4.69, 9.17) is 9.84 Å². The van der Waals surface area contributed by atoms with E-state index in [9.17, 15) is 9.59 Å². The maximum absolute atomic E-state index is 11.8. The summed E-state index contributed by atoms with van der Waals surface area (Å²) in [7, 11) is 1.56. The molecule has 0 fully saturated rings. The number of hydrogen-bond donors (Lipinski definition) is 1. The second kappa shape index (κ2) is 4.52. The third kappa shape index (κ3) is 1.95. The number of carboxylic acid groups (broad SMARTS) is 1. The molecule has 1 aromatic rings. The summed E-state index contributed by atoms with van der Waals surface area (Å²) in [6.07, 6.45) is -0.0623. The van der Waals surface area contributed by atoms with Crippen LogP contribution in [0, 0.1) is 0 Å². The van der Waals surface area contributed by atoms with Gasteiger partial charge in [-0.2, -0.15) is 0 Å². The maximum Gasteiger partial charge on any atom is 0.333 e. The van der Waals surface area contributed by atoms with Crippen molar-refractivity contribution in [3.05, 3.63) is 35.5 Å². The minimum Gasteiger partial charge on any atom is -0.497 e. The highest BCUT2D eigenvalue weighted by atomic mass is 16.5. The second-order valence-corrected chi connectivity index (χ2v) is 3.97. The molecule has 1 aromatic carbocycles. The Bertz CT molecular complexity index is 530. The van der Waals surface area contributed by atoms with E-state index in [-0.39, 0.29) is 17.9 Å².